The summed E-state index contributed by atoms with van der Waals surface area (Å²) in [7, 11) is 0. The van der Waals surface area contributed by atoms with Crippen LogP contribution in [0.15, 0.2) is 64.2 Å². The number of halogens is 2. The Labute approximate surface area is 208 Å². The molecule has 3 rings (SSSR count). The molecular weight excluding hydrogens is 530 g/mol. The standard InChI is InChI=1S/C23H19BrClN3O6/c1-2-33-21-10-15(9-19(24)22(21)34-13-14-3-5-16(25)6-4-14)12-26-27-23(30)18-11-17(28(31)32)7-8-20(18)29/h3-12,29H,2,13H2,1H3,(H,27,30)/b26-12-. The number of hydrogen-bond donors (Lipinski definition) is 2. The molecule has 0 saturated heterocycles. The van der Waals surface area contributed by atoms with E-state index in [0.717, 1.165) is 23.8 Å². The van der Waals surface area contributed by atoms with Crippen LogP contribution in [0.3, 0.4) is 0 Å². The molecule has 0 atom stereocenters. The van der Waals surface area contributed by atoms with Crippen LogP contribution in [0.5, 0.6) is 17.2 Å². The molecule has 2 N–H and O–H groups in total. The highest BCUT2D eigenvalue weighted by Gasteiger charge is 2.16. The summed E-state index contributed by atoms with van der Waals surface area (Å²) in [5.41, 5.74) is 3.15. The third kappa shape index (κ3) is 6.46. The number of nitro groups is 1. The molecule has 3 aromatic carbocycles. The van der Waals surface area contributed by atoms with Gasteiger partial charge < -0.3 is 14.6 Å². The summed E-state index contributed by atoms with van der Waals surface area (Å²) in [5, 5.41) is 25.2. The van der Waals surface area contributed by atoms with Crippen molar-refractivity contribution in [1.29, 1.82) is 0 Å². The number of amides is 1. The monoisotopic (exact) mass is 547 g/mol. The number of aromatic hydroxyl groups is 1. The molecule has 0 aliphatic heterocycles. The van der Waals surface area contributed by atoms with Gasteiger partial charge in [-0.3, -0.25) is 14.9 Å². The summed E-state index contributed by atoms with van der Waals surface area (Å²) in [5.74, 6) is -0.235. The van der Waals surface area contributed by atoms with Crippen molar-refractivity contribution in [2.45, 2.75) is 13.5 Å². The number of benzene rings is 3. The lowest BCUT2D eigenvalue weighted by Crippen LogP contribution is -2.18. The number of nitro benzene ring substituents is 1. The number of rotatable bonds is 9. The van der Waals surface area contributed by atoms with Gasteiger partial charge in [0.1, 0.15) is 12.4 Å². The first-order valence-corrected chi connectivity index (χ1v) is 11.1. The fourth-order valence-corrected chi connectivity index (χ4v) is 3.55. The van der Waals surface area contributed by atoms with Crippen molar-refractivity contribution < 1.29 is 24.3 Å². The number of phenolic OH excluding ortho intramolecular Hbond substituents is 1. The first-order valence-electron chi connectivity index (χ1n) is 9.93. The van der Waals surface area contributed by atoms with Crippen LogP contribution < -0.4 is 14.9 Å². The van der Waals surface area contributed by atoms with Gasteiger partial charge in [0.25, 0.3) is 11.6 Å². The Hall–Kier alpha value is -3.63. The maximum Gasteiger partial charge on any atom is 0.275 e. The first kappa shape index (κ1) is 25.0. The smallest absolute Gasteiger partial charge is 0.275 e. The minimum absolute atomic E-state index is 0.270. The predicted molar refractivity (Wildman–Crippen MR) is 131 cm³/mol. The van der Waals surface area contributed by atoms with E-state index in [2.05, 4.69) is 26.5 Å². The Morgan fingerprint density at radius 2 is 1.94 bits per heavy atom. The lowest BCUT2D eigenvalue weighted by molar-refractivity contribution is -0.384. The molecule has 0 spiro atoms. The van der Waals surface area contributed by atoms with Gasteiger partial charge in [0, 0.05) is 17.2 Å². The van der Waals surface area contributed by atoms with E-state index >= 15 is 0 Å². The molecule has 0 bridgehead atoms. The fourth-order valence-electron chi connectivity index (χ4n) is 2.85. The van der Waals surface area contributed by atoms with Crippen LogP contribution in [0.4, 0.5) is 5.69 Å². The quantitative estimate of drug-likeness (QED) is 0.208. The SMILES string of the molecule is CCOc1cc(/C=N\NC(=O)c2cc([N+](=O)[O-])ccc2O)cc(Br)c1OCc1ccc(Cl)cc1. The lowest BCUT2D eigenvalue weighted by Gasteiger charge is -2.14. The molecule has 0 radical (unpaired) electrons. The second-order valence-electron chi connectivity index (χ2n) is 6.84. The second-order valence-corrected chi connectivity index (χ2v) is 8.13. The molecule has 34 heavy (non-hydrogen) atoms. The highest BCUT2D eigenvalue weighted by molar-refractivity contribution is 9.10. The Bertz CT molecular complexity index is 1230. The summed E-state index contributed by atoms with van der Waals surface area (Å²) >= 11 is 9.38. The van der Waals surface area contributed by atoms with Crippen molar-refractivity contribution in [1.82, 2.24) is 5.43 Å². The first-order chi connectivity index (χ1) is 16.3. The van der Waals surface area contributed by atoms with Gasteiger partial charge in [-0.05, 0) is 64.3 Å². The number of ether oxygens (including phenoxy) is 2. The maximum absolute atomic E-state index is 12.3. The average molecular weight is 549 g/mol. The summed E-state index contributed by atoms with van der Waals surface area (Å²) in [6, 6.07) is 13.8. The lowest BCUT2D eigenvalue weighted by atomic mass is 10.1. The molecule has 176 valence electrons. The number of non-ortho nitro benzene ring substituents is 1. The van der Waals surface area contributed by atoms with Crippen LogP contribution in [0.1, 0.15) is 28.4 Å². The van der Waals surface area contributed by atoms with Crippen molar-refractivity contribution in [3.8, 4) is 17.2 Å². The molecule has 1 amide bonds. The molecule has 11 heteroatoms. The van der Waals surface area contributed by atoms with Crippen LogP contribution in [0, 0.1) is 10.1 Å². The van der Waals surface area contributed by atoms with E-state index in [1.54, 1.807) is 24.3 Å². The molecule has 0 saturated carbocycles. The predicted octanol–water partition coefficient (Wildman–Crippen LogP) is 5.46. The van der Waals surface area contributed by atoms with E-state index in [9.17, 15) is 20.0 Å². The van der Waals surface area contributed by atoms with E-state index in [1.807, 2.05) is 19.1 Å². The number of phenols is 1. The van der Waals surface area contributed by atoms with Gasteiger partial charge in [0.05, 0.1) is 27.8 Å². The van der Waals surface area contributed by atoms with Crippen molar-refractivity contribution in [3.63, 3.8) is 0 Å². The number of nitrogens with one attached hydrogen (secondary N) is 1. The fraction of sp³-hybridized carbons (Fsp3) is 0.130. The van der Waals surface area contributed by atoms with Crippen LogP contribution in [-0.2, 0) is 6.61 Å². The summed E-state index contributed by atoms with van der Waals surface area (Å²) in [4.78, 5) is 22.5. The van der Waals surface area contributed by atoms with Crippen molar-refractivity contribution >= 4 is 45.3 Å². The number of carbonyl (C=O) groups excluding carboxylic acids is 1. The van der Waals surface area contributed by atoms with Gasteiger partial charge in [-0.1, -0.05) is 23.7 Å². The van der Waals surface area contributed by atoms with Gasteiger partial charge in [-0.2, -0.15) is 5.10 Å². The van der Waals surface area contributed by atoms with E-state index in [1.165, 1.54) is 6.21 Å². The number of carbonyl (C=O) groups is 1. The van der Waals surface area contributed by atoms with Gasteiger partial charge >= 0.3 is 0 Å². The van der Waals surface area contributed by atoms with Crippen LogP contribution in [0.2, 0.25) is 5.02 Å². The van der Waals surface area contributed by atoms with E-state index in [0.29, 0.717) is 39.8 Å². The number of hydrogen-bond acceptors (Lipinski definition) is 7. The summed E-state index contributed by atoms with van der Waals surface area (Å²) in [6.45, 7) is 2.53. The van der Waals surface area contributed by atoms with Crippen LogP contribution >= 0.6 is 27.5 Å². The molecule has 0 heterocycles. The zero-order valence-corrected chi connectivity index (χ0v) is 20.2. The molecule has 0 aromatic heterocycles. The Balaban J connectivity index is 1.74. The Kier molecular flexibility index (Phi) is 8.44. The zero-order chi connectivity index (χ0) is 24.7. The van der Waals surface area contributed by atoms with Gasteiger partial charge in [-0.15, -0.1) is 0 Å². The largest absolute Gasteiger partial charge is 0.507 e. The number of nitrogens with zero attached hydrogens (tertiary/aromatic N) is 2. The van der Waals surface area contributed by atoms with E-state index in [4.69, 9.17) is 21.1 Å². The summed E-state index contributed by atoms with van der Waals surface area (Å²) < 4.78 is 12.2. The van der Waals surface area contributed by atoms with Gasteiger partial charge in [0.2, 0.25) is 0 Å². The third-order valence-electron chi connectivity index (χ3n) is 4.44. The van der Waals surface area contributed by atoms with Gasteiger partial charge in [-0.25, -0.2) is 5.43 Å². The Morgan fingerprint density at radius 3 is 2.62 bits per heavy atom. The molecule has 0 aliphatic carbocycles. The molecule has 0 aliphatic rings. The third-order valence-corrected chi connectivity index (χ3v) is 5.28. The number of hydrazone groups is 1. The highest BCUT2D eigenvalue weighted by Crippen LogP contribution is 2.37. The summed E-state index contributed by atoms with van der Waals surface area (Å²) in [6.07, 6.45) is 1.36. The van der Waals surface area contributed by atoms with Crippen molar-refractivity contribution in [2.24, 2.45) is 5.10 Å². The zero-order valence-electron chi connectivity index (χ0n) is 17.8. The molecule has 0 unspecified atom stereocenters. The van der Waals surface area contributed by atoms with Crippen molar-refractivity contribution in [3.05, 3.63) is 90.9 Å². The highest BCUT2D eigenvalue weighted by atomic mass is 79.9. The minimum atomic E-state index is -0.801. The second kappa shape index (κ2) is 11.5. The van der Waals surface area contributed by atoms with E-state index < -0.39 is 16.6 Å². The van der Waals surface area contributed by atoms with Crippen LogP contribution in [-0.4, -0.2) is 28.8 Å². The Morgan fingerprint density at radius 1 is 1.21 bits per heavy atom. The maximum atomic E-state index is 12.3. The van der Waals surface area contributed by atoms with Crippen LogP contribution in [0.25, 0.3) is 0 Å². The van der Waals surface area contributed by atoms with Gasteiger partial charge in [0.15, 0.2) is 11.5 Å². The van der Waals surface area contributed by atoms with Crippen molar-refractivity contribution in [2.75, 3.05) is 6.61 Å². The average Bonchev–Trinajstić information content (AvgIpc) is 2.80. The molecule has 9 nitrogen and oxygen atoms in total. The normalized spacial score (nSPS) is 10.8. The molecular formula is C23H19BrClN3O6. The molecule has 0 fully saturated rings. The van der Waals surface area contributed by atoms with E-state index in [-0.39, 0.29) is 11.3 Å². The topological polar surface area (TPSA) is 123 Å². The minimum Gasteiger partial charge on any atom is -0.507 e. The molecule has 3 aromatic rings.